The number of nitrogens with zero attached hydrogens (tertiary/aromatic N) is 3. The van der Waals surface area contributed by atoms with E-state index < -0.39 is 5.97 Å². The highest BCUT2D eigenvalue weighted by Crippen LogP contribution is 2.33. The van der Waals surface area contributed by atoms with Gasteiger partial charge in [-0.15, -0.1) is 5.10 Å². The third kappa shape index (κ3) is 3.69. The molecule has 2 aliphatic rings. The maximum Gasteiger partial charge on any atom is 0.360 e. The number of amides is 1. The van der Waals surface area contributed by atoms with Gasteiger partial charge in [-0.25, -0.2) is 9.48 Å². The maximum absolute atomic E-state index is 12.2. The van der Waals surface area contributed by atoms with E-state index in [1.54, 1.807) is 16.8 Å². The first-order valence-corrected chi connectivity index (χ1v) is 8.86. The van der Waals surface area contributed by atoms with Crippen LogP contribution in [0, 0.1) is 0 Å². The van der Waals surface area contributed by atoms with Crippen LogP contribution in [0.4, 0.5) is 0 Å². The molecule has 1 N–H and O–H groups in total. The first-order valence-electron chi connectivity index (χ1n) is 8.86. The zero-order valence-electron chi connectivity index (χ0n) is 15.2. The standard InChI is InChI=1S/C18H20N4O6/c1-25-18(24)12-7-22(21-20-12)14-9-28-16-13(8-27-17(14)16)19-15(23)10-26-11-5-3-2-4-6-11/h2-7,13-14,16-17H,8-10H2,1H3,(H,19,23). The Morgan fingerprint density at radius 3 is 2.79 bits per heavy atom. The van der Waals surface area contributed by atoms with E-state index in [-0.39, 0.29) is 42.5 Å². The predicted molar refractivity (Wildman–Crippen MR) is 93.7 cm³/mol. The number of esters is 1. The molecule has 1 amide bonds. The number of fused-ring (bicyclic) bond motifs is 1. The van der Waals surface area contributed by atoms with Gasteiger partial charge in [0.05, 0.1) is 32.6 Å². The molecule has 4 unspecified atom stereocenters. The first kappa shape index (κ1) is 18.4. The van der Waals surface area contributed by atoms with Crippen LogP contribution in [-0.2, 0) is 19.0 Å². The summed E-state index contributed by atoms with van der Waals surface area (Å²) >= 11 is 0. The Kier molecular flexibility index (Phi) is 5.22. The molecular weight excluding hydrogens is 368 g/mol. The number of hydrogen-bond donors (Lipinski definition) is 1. The van der Waals surface area contributed by atoms with Gasteiger partial charge >= 0.3 is 5.97 Å². The van der Waals surface area contributed by atoms with E-state index in [0.717, 1.165) is 0 Å². The summed E-state index contributed by atoms with van der Waals surface area (Å²) in [6.07, 6.45) is 0.898. The Hall–Kier alpha value is -2.98. The Balaban J connectivity index is 1.33. The van der Waals surface area contributed by atoms with Crippen molar-refractivity contribution in [3.63, 3.8) is 0 Å². The fourth-order valence-electron chi connectivity index (χ4n) is 3.38. The van der Waals surface area contributed by atoms with Crippen LogP contribution in [0.3, 0.4) is 0 Å². The van der Waals surface area contributed by atoms with Crippen LogP contribution in [-0.4, -0.2) is 72.1 Å². The fraction of sp³-hybridized carbons (Fsp3) is 0.444. The molecule has 0 aliphatic carbocycles. The van der Waals surface area contributed by atoms with Crippen LogP contribution in [0.2, 0.25) is 0 Å². The number of ether oxygens (including phenoxy) is 4. The molecule has 1 aromatic heterocycles. The molecule has 10 nitrogen and oxygen atoms in total. The van der Waals surface area contributed by atoms with Crippen molar-refractivity contribution in [2.45, 2.75) is 24.3 Å². The number of carbonyl (C=O) groups is 2. The molecule has 0 saturated carbocycles. The zero-order valence-corrected chi connectivity index (χ0v) is 15.2. The Labute approximate surface area is 160 Å². The summed E-state index contributed by atoms with van der Waals surface area (Å²) in [5.74, 6) is -0.181. The number of benzene rings is 1. The van der Waals surface area contributed by atoms with Gasteiger partial charge in [-0.1, -0.05) is 23.4 Å². The molecule has 0 radical (unpaired) electrons. The molecule has 0 spiro atoms. The quantitative estimate of drug-likeness (QED) is 0.686. The third-order valence-corrected chi connectivity index (χ3v) is 4.73. The number of nitrogens with one attached hydrogen (secondary N) is 1. The summed E-state index contributed by atoms with van der Waals surface area (Å²) in [5.41, 5.74) is 0.117. The van der Waals surface area contributed by atoms with Crippen molar-refractivity contribution in [1.29, 1.82) is 0 Å². The Morgan fingerprint density at radius 2 is 2.00 bits per heavy atom. The number of rotatable bonds is 6. The molecule has 3 heterocycles. The van der Waals surface area contributed by atoms with Crippen molar-refractivity contribution in [2.24, 2.45) is 0 Å². The maximum atomic E-state index is 12.2. The summed E-state index contributed by atoms with van der Waals surface area (Å²) in [4.78, 5) is 23.7. The summed E-state index contributed by atoms with van der Waals surface area (Å²) in [6.45, 7) is 0.570. The van der Waals surface area contributed by atoms with Gasteiger partial charge in [-0.3, -0.25) is 4.79 Å². The van der Waals surface area contributed by atoms with Gasteiger partial charge in [-0.2, -0.15) is 0 Å². The molecule has 4 atom stereocenters. The molecule has 10 heteroatoms. The van der Waals surface area contributed by atoms with Gasteiger partial charge in [0.25, 0.3) is 5.91 Å². The molecule has 28 heavy (non-hydrogen) atoms. The van der Waals surface area contributed by atoms with Gasteiger partial charge in [0.1, 0.15) is 24.0 Å². The lowest BCUT2D eigenvalue weighted by molar-refractivity contribution is -0.124. The molecule has 2 aromatic rings. The van der Waals surface area contributed by atoms with Gasteiger partial charge in [0.15, 0.2) is 12.3 Å². The van der Waals surface area contributed by atoms with Gasteiger partial charge < -0.3 is 24.3 Å². The van der Waals surface area contributed by atoms with E-state index in [9.17, 15) is 9.59 Å². The second kappa shape index (κ2) is 7.95. The third-order valence-electron chi connectivity index (χ3n) is 4.73. The van der Waals surface area contributed by atoms with Gasteiger partial charge in [0, 0.05) is 0 Å². The van der Waals surface area contributed by atoms with Crippen LogP contribution in [0.15, 0.2) is 36.5 Å². The van der Waals surface area contributed by atoms with Crippen LogP contribution >= 0.6 is 0 Å². The van der Waals surface area contributed by atoms with Crippen molar-refractivity contribution >= 4 is 11.9 Å². The lowest BCUT2D eigenvalue weighted by Crippen LogP contribution is -2.45. The zero-order chi connectivity index (χ0) is 19.5. The summed E-state index contributed by atoms with van der Waals surface area (Å²) in [5, 5.41) is 10.7. The van der Waals surface area contributed by atoms with Crippen molar-refractivity contribution in [3.8, 4) is 5.75 Å². The minimum atomic E-state index is -0.558. The lowest BCUT2D eigenvalue weighted by atomic mass is 10.1. The SMILES string of the molecule is COC(=O)c1cn(C2COC3C(NC(=O)COc4ccccc4)COC32)nn1. The highest BCUT2D eigenvalue weighted by atomic mass is 16.6. The number of hydrogen-bond acceptors (Lipinski definition) is 8. The molecule has 148 valence electrons. The van der Waals surface area contributed by atoms with Crippen LogP contribution in [0.1, 0.15) is 16.5 Å². The first-order chi connectivity index (χ1) is 13.7. The molecule has 2 saturated heterocycles. The minimum absolute atomic E-state index is 0.0904. The van der Waals surface area contributed by atoms with Crippen LogP contribution in [0.25, 0.3) is 0 Å². The van der Waals surface area contributed by atoms with Crippen molar-refractivity contribution in [3.05, 3.63) is 42.2 Å². The summed E-state index contributed by atoms with van der Waals surface area (Å²) in [6, 6.07) is 8.60. The summed E-state index contributed by atoms with van der Waals surface area (Å²) < 4.78 is 23.3. The lowest BCUT2D eigenvalue weighted by Gasteiger charge is -2.18. The Morgan fingerprint density at radius 1 is 1.21 bits per heavy atom. The number of methoxy groups -OCH3 is 1. The summed E-state index contributed by atoms with van der Waals surface area (Å²) in [7, 11) is 1.28. The van der Waals surface area contributed by atoms with Crippen molar-refractivity contribution in [1.82, 2.24) is 20.3 Å². The largest absolute Gasteiger partial charge is 0.484 e. The van der Waals surface area contributed by atoms with Crippen LogP contribution < -0.4 is 10.1 Å². The smallest absolute Gasteiger partial charge is 0.360 e. The average molecular weight is 388 g/mol. The second-order valence-corrected chi connectivity index (χ2v) is 6.51. The molecular formula is C18H20N4O6. The predicted octanol–water partition coefficient (Wildman–Crippen LogP) is -0.0328. The van der Waals surface area contributed by atoms with Crippen LogP contribution in [0.5, 0.6) is 5.75 Å². The van der Waals surface area contributed by atoms with Gasteiger partial charge in [-0.05, 0) is 12.1 Å². The number of carbonyl (C=O) groups excluding carboxylic acids is 2. The van der Waals surface area contributed by atoms with E-state index in [1.807, 2.05) is 18.2 Å². The average Bonchev–Trinajstić information content (AvgIpc) is 3.44. The normalized spacial score (nSPS) is 25.9. The van der Waals surface area contributed by atoms with E-state index in [0.29, 0.717) is 19.0 Å². The Bertz CT molecular complexity index is 842. The van der Waals surface area contributed by atoms with Crippen molar-refractivity contribution in [2.75, 3.05) is 26.9 Å². The van der Waals surface area contributed by atoms with E-state index >= 15 is 0 Å². The number of aromatic nitrogens is 3. The monoisotopic (exact) mass is 388 g/mol. The number of para-hydroxylation sites is 1. The van der Waals surface area contributed by atoms with E-state index in [1.165, 1.54) is 13.3 Å². The van der Waals surface area contributed by atoms with E-state index in [2.05, 4.69) is 20.4 Å². The van der Waals surface area contributed by atoms with E-state index in [4.69, 9.17) is 14.2 Å². The molecule has 0 bridgehead atoms. The molecule has 1 aromatic carbocycles. The topological polar surface area (TPSA) is 114 Å². The fourth-order valence-corrected chi connectivity index (χ4v) is 3.38. The second-order valence-electron chi connectivity index (χ2n) is 6.51. The molecule has 2 fully saturated rings. The molecule has 2 aliphatic heterocycles. The highest BCUT2D eigenvalue weighted by molar-refractivity contribution is 5.86. The highest BCUT2D eigenvalue weighted by Gasteiger charge is 2.49. The minimum Gasteiger partial charge on any atom is -0.484 e. The van der Waals surface area contributed by atoms with Gasteiger partial charge in [0.2, 0.25) is 0 Å². The molecule has 4 rings (SSSR count). The van der Waals surface area contributed by atoms with Crippen molar-refractivity contribution < 1.29 is 28.5 Å².